The molecule has 0 aliphatic heterocycles. The summed E-state index contributed by atoms with van der Waals surface area (Å²) < 4.78 is 16.3. The molecule has 8 heteroatoms. The fourth-order valence-corrected chi connectivity index (χ4v) is 3.84. The van der Waals surface area contributed by atoms with Crippen LogP contribution in [0.15, 0.2) is 57.9 Å². The van der Waals surface area contributed by atoms with E-state index >= 15 is 0 Å². The van der Waals surface area contributed by atoms with Crippen LogP contribution in [0.1, 0.15) is 37.5 Å². The van der Waals surface area contributed by atoms with Crippen molar-refractivity contribution in [2.24, 2.45) is 0 Å². The van der Waals surface area contributed by atoms with Gasteiger partial charge in [0.2, 0.25) is 0 Å². The lowest BCUT2D eigenvalue weighted by Crippen LogP contribution is -2.46. The van der Waals surface area contributed by atoms with Gasteiger partial charge in [-0.15, -0.1) is 0 Å². The first-order chi connectivity index (χ1) is 16.5. The Hall–Kier alpha value is -4.07. The van der Waals surface area contributed by atoms with E-state index in [0.717, 1.165) is 27.4 Å². The molecule has 2 N–H and O–H groups in total. The highest BCUT2D eigenvalue weighted by Gasteiger charge is 2.27. The highest BCUT2D eigenvalue weighted by molar-refractivity contribution is 5.88. The van der Waals surface area contributed by atoms with Gasteiger partial charge in [-0.25, -0.2) is 14.4 Å². The Kier molecular flexibility index (Phi) is 6.39. The van der Waals surface area contributed by atoms with Crippen LogP contribution >= 0.6 is 0 Å². The number of aromatic amines is 1. The van der Waals surface area contributed by atoms with E-state index < -0.39 is 29.3 Å². The van der Waals surface area contributed by atoms with Crippen LogP contribution in [0.25, 0.3) is 21.9 Å². The fraction of sp³-hybridized carbons (Fsp3) is 0.296. The Labute approximate surface area is 202 Å². The summed E-state index contributed by atoms with van der Waals surface area (Å²) in [7, 11) is 0. The van der Waals surface area contributed by atoms with E-state index in [1.165, 1.54) is 6.07 Å². The molecule has 0 aliphatic carbocycles. The number of amides is 1. The zero-order valence-electron chi connectivity index (χ0n) is 20.4. The Balaban J connectivity index is 1.61. The summed E-state index contributed by atoms with van der Waals surface area (Å²) in [6.07, 6.45) is 1.26. The Morgan fingerprint density at radius 3 is 2.54 bits per heavy atom. The lowest BCUT2D eigenvalue weighted by Gasteiger charge is -2.23. The quantitative estimate of drug-likeness (QED) is 0.240. The van der Waals surface area contributed by atoms with Gasteiger partial charge in [-0.3, -0.25) is 0 Å². The fourth-order valence-electron chi connectivity index (χ4n) is 3.84. The second-order valence-corrected chi connectivity index (χ2v) is 9.48. The lowest BCUT2D eigenvalue weighted by atomic mass is 10.0. The Morgan fingerprint density at radius 2 is 1.80 bits per heavy atom. The van der Waals surface area contributed by atoms with E-state index in [0.29, 0.717) is 11.1 Å². The lowest BCUT2D eigenvalue weighted by molar-refractivity contribution is -0.136. The van der Waals surface area contributed by atoms with Crippen molar-refractivity contribution in [2.75, 3.05) is 0 Å². The summed E-state index contributed by atoms with van der Waals surface area (Å²) >= 11 is 0. The number of aryl methyl sites for hydroxylation is 1. The molecule has 0 radical (unpaired) electrons. The number of fused-ring (bicyclic) bond motifs is 2. The zero-order valence-corrected chi connectivity index (χ0v) is 20.4. The second-order valence-electron chi connectivity index (χ2n) is 9.48. The van der Waals surface area contributed by atoms with Gasteiger partial charge >= 0.3 is 17.7 Å². The standard InChI is InChI=1S/C27H28N2O6/c1-15-16(2)24(30)34-23-13-18(10-11-19(15)23)33-25(31)22(29-26(32)35-27(3,4)5)12-17-14-28-21-9-7-6-8-20(17)21/h6-11,13-14,22,28H,12H2,1-5H3,(H,29,32)/t22-/m0/s1. The smallest absolute Gasteiger partial charge is 0.408 e. The number of nitrogens with one attached hydrogen (secondary N) is 2. The highest BCUT2D eigenvalue weighted by atomic mass is 16.6. The maximum absolute atomic E-state index is 13.2. The molecule has 35 heavy (non-hydrogen) atoms. The molecule has 0 bridgehead atoms. The number of esters is 1. The number of ether oxygens (including phenoxy) is 2. The van der Waals surface area contributed by atoms with Crippen molar-refractivity contribution >= 4 is 33.9 Å². The average molecular weight is 477 g/mol. The van der Waals surface area contributed by atoms with Crippen molar-refractivity contribution in [1.29, 1.82) is 0 Å². The summed E-state index contributed by atoms with van der Waals surface area (Å²) in [6.45, 7) is 8.76. The van der Waals surface area contributed by atoms with Gasteiger partial charge in [0.25, 0.3) is 0 Å². The first kappa shape index (κ1) is 24.1. The van der Waals surface area contributed by atoms with Crippen molar-refractivity contribution < 1.29 is 23.5 Å². The van der Waals surface area contributed by atoms with Gasteiger partial charge in [0, 0.05) is 40.5 Å². The van der Waals surface area contributed by atoms with E-state index in [9.17, 15) is 14.4 Å². The number of hydrogen-bond acceptors (Lipinski definition) is 6. The molecule has 2 aromatic heterocycles. The number of carbonyl (C=O) groups excluding carboxylic acids is 2. The Morgan fingerprint density at radius 1 is 1.06 bits per heavy atom. The normalized spacial score (nSPS) is 12.5. The monoisotopic (exact) mass is 476 g/mol. The third-order valence-corrected chi connectivity index (χ3v) is 5.72. The molecule has 8 nitrogen and oxygen atoms in total. The highest BCUT2D eigenvalue weighted by Crippen LogP contribution is 2.25. The maximum atomic E-state index is 13.2. The average Bonchev–Trinajstić information content (AvgIpc) is 3.18. The van der Waals surface area contributed by atoms with Crippen molar-refractivity contribution in [3.05, 3.63) is 75.8 Å². The number of rotatable bonds is 5. The molecule has 0 fully saturated rings. The number of hydrogen-bond donors (Lipinski definition) is 2. The van der Waals surface area contributed by atoms with E-state index in [4.69, 9.17) is 13.9 Å². The number of benzene rings is 2. The van der Waals surface area contributed by atoms with Crippen LogP contribution < -0.4 is 15.7 Å². The van der Waals surface area contributed by atoms with Crippen LogP contribution in [-0.2, 0) is 16.0 Å². The van der Waals surface area contributed by atoms with E-state index in [2.05, 4.69) is 10.3 Å². The first-order valence-corrected chi connectivity index (χ1v) is 11.3. The summed E-state index contributed by atoms with van der Waals surface area (Å²) in [5.74, 6) is -0.476. The van der Waals surface area contributed by atoms with Crippen LogP contribution in [0.2, 0.25) is 0 Å². The Bertz CT molecular complexity index is 1470. The number of carbonyl (C=O) groups is 2. The van der Waals surface area contributed by atoms with Gasteiger partial charge in [0.1, 0.15) is 23.0 Å². The van der Waals surface area contributed by atoms with Gasteiger partial charge in [-0.2, -0.15) is 0 Å². The molecule has 0 unspecified atom stereocenters. The predicted octanol–water partition coefficient (Wildman–Crippen LogP) is 4.93. The molecule has 2 heterocycles. The van der Waals surface area contributed by atoms with Crippen LogP contribution in [0.5, 0.6) is 5.75 Å². The zero-order chi connectivity index (χ0) is 25.3. The third kappa shape index (κ3) is 5.37. The minimum absolute atomic E-state index is 0.184. The molecule has 0 saturated heterocycles. The molecular weight excluding hydrogens is 448 g/mol. The van der Waals surface area contributed by atoms with Gasteiger partial charge in [0.15, 0.2) is 0 Å². The summed E-state index contributed by atoms with van der Waals surface area (Å²) in [4.78, 5) is 41.0. The van der Waals surface area contributed by atoms with Gasteiger partial charge in [-0.05, 0) is 63.9 Å². The van der Waals surface area contributed by atoms with Crippen molar-refractivity contribution in [3.8, 4) is 5.75 Å². The molecule has 1 amide bonds. The van der Waals surface area contributed by atoms with Crippen LogP contribution in [-0.4, -0.2) is 28.7 Å². The molecule has 0 spiro atoms. The van der Waals surface area contributed by atoms with E-state index in [1.54, 1.807) is 46.0 Å². The van der Waals surface area contributed by atoms with Gasteiger partial charge < -0.3 is 24.2 Å². The minimum atomic E-state index is -1.02. The van der Waals surface area contributed by atoms with Gasteiger partial charge in [-0.1, -0.05) is 18.2 Å². The van der Waals surface area contributed by atoms with E-state index in [1.807, 2.05) is 31.2 Å². The number of aromatic nitrogens is 1. The van der Waals surface area contributed by atoms with Crippen molar-refractivity contribution in [1.82, 2.24) is 10.3 Å². The molecule has 1 atom stereocenters. The molecule has 182 valence electrons. The number of para-hydroxylation sites is 1. The predicted molar refractivity (Wildman–Crippen MR) is 133 cm³/mol. The van der Waals surface area contributed by atoms with Crippen molar-refractivity contribution in [2.45, 2.75) is 52.7 Å². The van der Waals surface area contributed by atoms with Crippen LogP contribution in [0.3, 0.4) is 0 Å². The molecule has 4 aromatic rings. The second kappa shape index (κ2) is 9.29. The van der Waals surface area contributed by atoms with Crippen LogP contribution in [0, 0.1) is 13.8 Å². The third-order valence-electron chi connectivity index (χ3n) is 5.72. The summed E-state index contributed by atoms with van der Waals surface area (Å²) in [6, 6.07) is 11.5. The summed E-state index contributed by atoms with van der Waals surface area (Å²) in [5.41, 5.74) is 2.24. The molecular formula is C27H28N2O6. The van der Waals surface area contributed by atoms with Gasteiger partial charge in [0.05, 0.1) is 0 Å². The number of H-pyrrole nitrogens is 1. The van der Waals surface area contributed by atoms with E-state index in [-0.39, 0.29) is 12.2 Å². The molecule has 2 aromatic carbocycles. The van der Waals surface area contributed by atoms with Crippen LogP contribution in [0.4, 0.5) is 4.79 Å². The summed E-state index contributed by atoms with van der Waals surface area (Å²) in [5, 5.41) is 4.33. The topological polar surface area (TPSA) is 111 Å². The molecule has 0 aliphatic rings. The molecule has 4 rings (SSSR count). The number of alkyl carbamates (subject to hydrolysis) is 1. The molecule has 0 saturated carbocycles. The first-order valence-electron chi connectivity index (χ1n) is 11.3. The minimum Gasteiger partial charge on any atom is -0.444 e. The largest absolute Gasteiger partial charge is 0.444 e. The van der Waals surface area contributed by atoms with Crippen molar-refractivity contribution in [3.63, 3.8) is 0 Å². The maximum Gasteiger partial charge on any atom is 0.408 e. The SMILES string of the molecule is Cc1c(C)c2ccc(OC(=O)[C@H](Cc3c[nH]c4ccccc34)NC(=O)OC(C)(C)C)cc2oc1=O.